The molecule has 0 aliphatic carbocycles. The Hall–Kier alpha value is -2.60. The summed E-state index contributed by atoms with van der Waals surface area (Å²) >= 11 is 1.59. The summed E-state index contributed by atoms with van der Waals surface area (Å²) in [5.41, 5.74) is 1.82. The van der Waals surface area contributed by atoms with Crippen LogP contribution in [0.1, 0.15) is 23.8 Å². The number of amides is 2. The maximum atomic E-state index is 12.8. The van der Waals surface area contributed by atoms with E-state index in [0.29, 0.717) is 18.0 Å². The lowest BCUT2D eigenvalue weighted by atomic mass is 10.1. The normalized spacial score (nSPS) is 16.2. The number of carbonyl (C=O) groups excluding carboxylic acids is 2. The number of para-hydroxylation sites is 2. The van der Waals surface area contributed by atoms with Crippen molar-refractivity contribution in [1.29, 1.82) is 0 Å². The van der Waals surface area contributed by atoms with Gasteiger partial charge >= 0.3 is 0 Å². The Morgan fingerprint density at radius 2 is 2.15 bits per heavy atom. The third kappa shape index (κ3) is 3.96. The van der Waals surface area contributed by atoms with Crippen LogP contribution in [0.2, 0.25) is 0 Å². The van der Waals surface area contributed by atoms with Crippen LogP contribution in [-0.4, -0.2) is 31.0 Å². The van der Waals surface area contributed by atoms with Crippen molar-refractivity contribution in [2.75, 3.05) is 18.0 Å². The molecule has 1 aliphatic rings. The van der Waals surface area contributed by atoms with Crippen LogP contribution in [0, 0.1) is 6.92 Å². The Bertz CT molecular complexity index is 828. The number of anilines is 1. The second-order valence-corrected chi connectivity index (χ2v) is 7.06. The third-order valence-electron chi connectivity index (χ3n) is 4.16. The van der Waals surface area contributed by atoms with Gasteiger partial charge in [0.1, 0.15) is 5.75 Å². The van der Waals surface area contributed by atoms with Gasteiger partial charge in [-0.05, 0) is 48.6 Å². The van der Waals surface area contributed by atoms with Gasteiger partial charge in [-0.25, -0.2) is 0 Å². The van der Waals surface area contributed by atoms with Gasteiger partial charge in [0.25, 0.3) is 11.8 Å². The maximum Gasteiger partial charge on any atom is 0.262 e. The fraction of sp³-hybridized carbons (Fsp3) is 0.300. The minimum Gasteiger partial charge on any atom is -0.477 e. The molecule has 2 amide bonds. The average molecular weight is 370 g/mol. The Kier molecular flexibility index (Phi) is 5.73. The summed E-state index contributed by atoms with van der Waals surface area (Å²) < 4.78 is 5.81. The third-order valence-corrected chi connectivity index (χ3v) is 5.14. The smallest absolute Gasteiger partial charge is 0.262 e. The fourth-order valence-corrected chi connectivity index (χ4v) is 3.55. The molecule has 6 heteroatoms. The Morgan fingerprint density at radius 1 is 1.35 bits per heavy atom. The zero-order valence-electron chi connectivity index (χ0n) is 14.9. The molecule has 0 saturated heterocycles. The van der Waals surface area contributed by atoms with Gasteiger partial charge in [-0.2, -0.15) is 0 Å². The van der Waals surface area contributed by atoms with Crippen molar-refractivity contribution in [3.8, 4) is 5.75 Å². The summed E-state index contributed by atoms with van der Waals surface area (Å²) in [7, 11) is 0. The molecular weight excluding hydrogens is 348 g/mol. The number of ether oxygens (including phenoxy) is 1. The number of fused-ring (bicyclic) bond motifs is 1. The number of hydrogen-bond donors (Lipinski definition) is 1. The molecule has 3 rings (SSSR count). The molecular formula is C20H22N2O3S. The molecule has 1 atom stereocenters. The van der Waals surface area contributed by atoms with Gasteiger partial charge in [-0.3, -0.25) is 9.59 Å². The maximum absolute atomic E-state index is 12.8. The molecule has 5 nitrogen and oxygen atoms in total. The quantitative estimate of drug-likeness (QED) is 0.821. The van der Waals surface area contributed by atoms with Crippen LogP contribution >= 0.6 is 11.3 Å². The summed E-state index contributed by atoms with van der Waals surface area (Å²) in [6.45, 7) is 4.79. The number of benzene rings is 1. The summed E-state index contributed by atoms with van der Waals surface area (Å²) in [5.74, 6) is 0.184. The van der Waals surface area contributed by atoms with E-state index in [1.54, 1.807) is 28.4 Å². The molecule has 0 spiro atoms. The van der Waals surface area contributed by atoms with Gasteiger partial charge in [0.2, 0.25) is 0 Å². The number of carbonyl (C=O) groups is 2. The number of thiophene rings is 1. The second-order valence-electron chi connectivity index (χ2n) is 6.12. The van der Waals surface area contributed by atoms with E-state index in [1.807, 2.05) is 49.6 Å². The average Bonchev–Trinajstić information content (AvgIpc) is 3.08. The number of nitrogens with zero attached hydrogens (tertiary/aromatic N) is 1. The van der Waals surface area contributed by atoms with Gasteiger partial charge in [-0.1, -0.05) is 19.1 Å². The van der Waals surface area contributed by atoms with Gasteiger partial charge in [-0.15, -0.1) is 11.3 Å². The van der Waals surface area contributed by atoms with Crippen molar-refractivity contribution in [2.45, 2.75) is 26.4 Å². The molecule has 1 aromatic heterocycles. The molecule has 2 heterocycles. The first-order chi connectivity index (χ1) is 12.6. The summed E-state index contributed by atoms with van der Waals surface area (Å²) in [4.78, 5) is 27.8. The summed E-state index contributed by atoms with van der Waals surface area (Å²) in [6.07, 6.45) is 3.52. The molecule has 1 N–H and O–H groups in total. The van der Waals surface area contributed by atoms with E-state index >= 15 is 0 Å². The zero-order chi connectivity index (χ0) is 18.5. The van der Waals surface area contributed by atoms with Crippen LogP contribution in [0.4, 0.5) is 5.69 Å². The first kappa shape index (κ1) is 18.2. The molecule has 136 valence electrons. The Balaban J connectivity index is 1.82. The van der Waals surface area contributed by atoms with Crippen molar-refractivity contribution in [1.82, 2.24) is 5.32 Å². The Morgan fingerprint density at radius 3 is 2.88 bits per heavy atom. The number of hydrogen-bond acceptors (Lipinski definition) is 4. The predicted octanol–water partition coefficient (Wildman–Crippen LogP) is 3.39. The van der Waals surface area contributed by atoms with Crippen molar-refractivity contribution < 1.29 is 14.3 Å². The van der Waals surface area contributed by atoms with Crippen molar-refractivity contribution >= 4 is 34.9 Å². The van der Waals surface area contributed by atoms with Crippen molar-refractivity contribution in [3.63, 3.8) is 0 Å². The number of nitrogens with one attached hydrogen (secondary N) is 1. The lowest BCUT2D eigenvalue weighted by molar-refractivity contribution is -0.128. The first-order valence-corrected chi connectivity index (χ1v) is 9.55. The van der Waals surface area contributed by atoms with Crippen molar-refractivity contribution in [2.24, 2.45) is 0 Å². The van der Waals surface area contributed by atoms with E-state index in [4.69, 9.17) is 4.74 Å². The van der Waals surface area contributed by atoms with E-state index in [1.165, 1.54) is 0 Å². The molecule has 1 aliphatic heterocycles. The summed E-state index contributed by atoms with van der Waals surface area (Å²) in [5, 5.41) is 4.83. The van der Waals surface area contributed by atoms with E-state index in [9.17, 15) is 9.59 Å². The highest BCUT2D eigenvalue weighted by molar-refractivity contribution is 7.11. The molecule has 0 unspecified atom stereocenters. The molecule has 2 aromatic rings. The van der Waals surface area contributed by atoms with E-state index in [2.05, 4.69) is 5.32 Å². The largest absolute Gasteiger partial charge is 0.477 e. The molecule has 26 heavy (non-hydrogen) atoms. The number of aryl methyl sites for hydroxylation is 1. The number of rotatable bonds is 5. The highest BCUT2D eigenvalue weighted by atomic mass is 32.1. The molecule has 0 bridgehead atoms. The fourth-order valence-electron chi connectivity index (χ4n) is 2.73. The van der Waals surface area contributed by atoms with E-state index < -0.39 is 6.10 Å². The van der Waals surface area contributed by atoms with Gasteiger partial charge < -0.3 is 15.0 Å². The van der Waals surface area contributed by atoms with Crippen LogP contribution in [0.15, 0.2) is 41.8 Å². The minimum absolute atomic E-state index is 0.165. The van der Waals surface area contributed by atoms with Crippen LogP contribution in [0.3, 0.4) is 0 Å². The minimum atomic E-state index is -0.711. The predicted molar refractivity (Wildman–Crippen MR) is 105 cm³/mol. The highest BCUT2D eigenvalue weighted by Gasteiger charge is 2.32. The Labute approximate surface area is 157 Å². The lowest BCUT2D eigenvalue weighted by Crippen LogP contribution is -2.50. The van der Waals surface area contributed by atoms with Crippen LogP contribution < -0.4 is 15.0 Å². The molecule has 0 radical (unpaired) electrons. The van der Waals surface area contributed by atoms with Crippen LogP contribution in [0.25, 0.3) is 6.08 Å². The standard InChI is InChI=1S/C20H22N2O3S/c1-3-11-21-20(24)17-13-22(15-6-4-5-7-16(15)25-17)19(23)9-8-18-14(2)10-12-26-18/h4-10,12,17H,3,11,13H2,1-2H3,(H,21,24)/b9-8+/t17-/m1/s1. The lowest BCUT2D eigenvalue weighted by Gasteiger charge is -2.33. The van der Waals surface area contributed by atoms with E-state index in [-0.39, 0.29) is 18.4 Å². The van der Waals surface area contributed by atoms with Crippen molar-refractivity contribution in [3.05, 3.63) is 52.2 Å². The van der Waals surface area contributed by atoms with Crippen LogP contribution in [0.5, 0.6) is 5.75 Å². The molecule has 0 saturated carbocycles. The van der Waals surface area contributed by atoms with Gasteiger partial charge in [0.15, 0.2) is 6.10 Å². The van der Waals surface area contributed by atoms with E-state index in [0.717, 1.165) is 16.9 Å². The second kappa shape index (κ2) is 8.19. The van der Waals surface area contributed by atoms with Gasteiger partial charge in [0, 0.05) is 17.5 Å². The molecule has 1 aromatic carbocycles. The SMILES string of the molecule is CCCNC(=O)[C@H]1CN(C(=O)/C=C/c2sccc2C)c2ccccc2O1. The monoisotopic (exact) mass is 370 g/mol. The molecule has 0 fully saturated rings. The first-order valence-electron chi connectivity index (χ1n) is 8.67. The zero-order valence-corrected chi connectivity index (χ0v) is 15.7. The topological polar surface area (TPSA) is 58.6 Å². The van der Waals surface area contributed by atoms with Gasteiger partial charge in [0.05, 0.1) is 12.2 Å². The van der Waals surface area contributed by atoms with Crippen LogP contribution in [-0.2, 0) is 9.59 Å². The highest BCUT2D eigenvalue weighted by Crippen LogP contribution is 2.33. The summed E-state index contributed by atoms with van der Waals surface area (Å²) in [6, 6.07) is 9.32.